The summed E-state index contributed by atoms with van der Waals surface area (Å²) < 4.78 is 0. The van der Waals surface area contributed by atoms with Gasteiger partial charge >= 0.3 is 0 Å². The number of hydrogen-bond donors (Lipinski definition) is 0. The van der Waals surface area contributed by atoms with Crippen molar-refractivity contribution >= 4 is 17.3 Å². The number of rotatable bonds is 4. The van der Waals surface area contributed by atoms with Gasteiger partial charge in [0.05, 0.1) is 4.92 Å². The van der Waals surface area contributed by atoms with Crippen molar-refractivity contribution in [1.29, 1.82) is 0 Å². The van der Waals surface area contributed by atoms with E-state index in [1.807, 2.05) is 48.6 Å². The molecule has 0 spiro atoms. The highest BCUT2D eigenvalue weighted by atomic mass is 16.6. The number of nitro groups is 1. The summed E-state index contributed by atoms with van der Waals surface area (Å²) in [5.74, 6) is 0. The Morgan fingerprint density at radius 1 is 1.11 bits per heavy atom. The molecule has 0 heterocycles. The van der Waals surface area contributed by atoms with E-state index in [4.69, 9.17) is 0 Å². The predicted octanol–water partition coefficient (Wildman–Crippen LogP) is 4.32. The number of benzene rings is 2. The number of allylic oxidation sites excluding steroid dienone is 2. The zero-order valence-electron chi connectivity index (χ0n) is 10.3. The first kappa shape index (κ1) is 12.8. The molecule has 0 aliphatic heterocycles. The molecule has 3 heteroatoms. The Labute approximate surface area is 111 Å². The van der Waals surface area contributed by atoms with Crippen LogP contribution in [0.15, 0.2) is 67.3 Å². The first-order valence-corrected chi connectivity index (χ1v) is 5.84. The fourth-order valence-electron chi connectivity index (χ4n) is 1.69. The largest absolute Gasteiger partial charge is 0.270 e. The van der Waals surface area contributed by atoms with Crippen LogP contribution in [0.25, 0.3) is 11.6 Å². The summed E-state index contributed by atoms with van der Waals surface area (Å²) in [6.07, 6.45) is 3.68. The molecule has 2 rings (SSSR count). The minimum Gasteiger partial charge on any atom is -0.258 e. The third-order valence-corrected chi connectivity index (χ3v) is 2.70. The summed E-state index contributed by atoms with van der Waals surface area (Å²) in [6.45, 7) is 3.98. The Hall–Kier alpha value is -2.68. The van der Waals surface area contributed by atoms with E-state index in [1.54, 1.807) is 6.07 Å². The van der Waals surface area contributed by atoms with Gasteiger partial charge in [-0.15, -0.1) is 0 Å². The summed E-state index contributed by atoms with van der Waals surface area (Å²) in [5.41, 5.74) is 2.77. The molecule has 0 bridgehead atoms. The van der Waals surface area contributed by atoms with Crippen LogP contribution in [0.2, 0.25) is 0 Å². The molecular weight excluding hydrogens is 238 g/mol. The molecule has 3 nitrogen and oxygen atoms in total. The average molecular weight is 251 g/mol. The molecule has 0 atom stereocenters. The fraction of sp³-hybridized carbons (Fsp3) is 0. The second kappa shape index (κ2) is 5.78. The third-order valence-electron chi connectivity index (χ3n) is 2.70. The molecule has 0 radical (unpaired) electrons. The predicted molar refractivity (Wildman–Crippen MR) is 77.6 cm³/mol. The lowest BCUT2D eigenvalue weighted by Crippen LogP contribution is -1.87. The van der Waals surface area contributed by atoms with Gasteiger partial charge in [-0.2, -0.15) is 0 Å². The van der Waals surface area contributed by atoms with Crippen molar-refractivity contribution in [3.05, 3.63) is 88.5 Å². The minimum absolute atomic E-state index is 0.0903. The van der Waals surface area contributed by atoms with E-state index in [0.29, 0.717) is 0 Å². The normalized spacial score (nSPS) is 10.5. The molecule has 2 aromatic rings. The SMILES string of the molecule is C=C(/C=C/c1cccc([N+](=O)[O-])c1)c1ccccc1. The molecule has 0 aromatic heterocycles. The van der Waals surface area contributed by atoms with Crippen LogP contribution in [-0.4, -0.2) is 4.92 Å². The van der Waals surface area contributed by atoms with Gasteiger partial charge in [-0.05, 0) is 16.7 Å². The van der Waals surface area contributed by atoms with Crippen molar-refractivity contribution in [3.8, 4) is 0 Å². The first-order chi connectivity index (χ1) is 9.16. The van der Waals surface area contributed by atoms with Crippen LogP contribution < -0.4 is 0 Å². The van der Waals surface area contributed by atoms with Crippen molar-refractivity contribution in [2.24, 2.45) is 0 Å². The Morgan fingerprint density at radius 3 is 2.53 bits per heavy atom. The number of nitro benzene ring substituents is 1. The average Bonchev–Trinajstić information content (AvgIpc) is 2.46. The van der Waals surface area contributed by atoms with E-state index in [9.17, 15) is 10.1 Å². The molecule has 19 heavy (non-hydrogen) atoms. The lowest BCUT2D eigenvalue weighted by Gasteiger charge is -1.99. The van der Waals surface area contributed by atoms with Gasteiger partial charge in [0.1, 0.15) is 0 Å². The van der Waals surface area contributed by atoms with Crippen LogP contribution in [0, 0.1) is 10.1 Å². The van der Waals surface area contributed by atoms with E-state index in [-0.39, 0.29) is 5.69 Å². The summed E-state index contributed by atoms with van der Waals surface area (Å²) >= 11 is 0. The van der Waals surface area contributed by atoms with Crippen LogP contribution in [0.3, 0.4) is 0 Å². The first-order valence-electron chi connectivity index (χ1n) is 5.84. The van der Waals surface area contributed by atoms with Crippen molar-refractivity contribution in [2.75, 3.05) is 0 Å². The Balaban J connectivity index is 2.17. The van der Waals surface area contributed by atoms with Gasteiger partial charge < -0.3 is 0 Å². The Bertz CT molecular complexity index is 630. The summed E-state index contributed by atoms with van der Waals surface area (Å²) in [7, 11) is 0. The van der Waals surface area contributed by atoms with Crippen LogP contribution in [0.1, 0.15) is 11.1 Å². The van der Waals surface area contributed by atoms with Crippen LogP contribution in [0.4, 0.5) is 5.69 Å². The van der Waals surface area contributed by atoms with Crippen molar-refractivity contribution in [2.45, 2.75) is 0 Å². The smallest absolute Gasteiger partial charge is 0.258 e. The molecule has 0 saturated heterocycles. The van der Waals surface area contributed by atoms with Crippen molar-refractivity contribution < 1.29 is 4.92 Å². The van der Waals surface area contributed by atoms with E-state index in [0.717, 1.165) is 16.7 Å². The second-order valence-electron chi connectivity index (χ2n) is 4.08. The number of hydrogen-bond acceptors (Lipinski definition) is 2. The van der Waals surface area contributed by atoms with Gasteiger partial charge in [0, 0.05) is 12.1 Å². The lowest BCUT2D eigenvalue weighted by atomic mass is 10.1. The molecule has 0 N–H and O–H groups in total. The maximum absolute atomic E-state index is 10.7. The van der Waals surface area contributed by atoms with Crippen LogP contribution in [-0.2, 0) is 0 Å². The van der Waals surface area contributed by atoms with Crippen LogP contribution >= 0.6 is 0 Å². The molecule has 2 aromatic carbocycles. The molecule has 0 unspecified atom stereocenters. The quantitative estimate of drug-likeness (QED) is 0.461. The van der Waals surface area contributed by atoms with Gasteiger partial charge in [-0.1, -0.05) is 61.2 Å². The molecule has 0 aliphatic rings. The molecule has 0 fully saturated rings. The topological polar surface area (TPSA) is 43.1 Å². The minimum atomic E-state index is -0.399. The van der Waals surface area contributed by atoms with Gasteiger partial charge in [-0.25, -0.2) is 0 Å². The summed E-state index contributed by atoms with van der Waals surface area (Å²) in [6, 6.07) is 16.3. The third kappa shape index (κ3) is 3.39. The molecule has 94 valence electrons. The summed E-state index contributed by atoms with van der Waals surface area (Å²) in [5, 5.41) is 10.7. The highest BCUT2D eigenvalue weighted by molar-refractivity contribution is 5.77. The maximum atomic E-state index is 10.7. The van der Waals surface area contributed by atoms with E-state index in [2.05, 4.69) is 6.58 Å². The number of non-ortho nitro benzene ring substituents is 1. The molecular formula is C16H13NO2. The van der Waals surface area contributed by atoms with Gasteiger partial charge in [0.2, 0.25) is 0 Å². The van der Waals surface area contributed by atoms with Crippen molar-refractivity contribution in [1.82, 2.24) is 0 Å². The van der Waals surface area contributed by atoms with Crippen molar-refractivity contribution in [3.63, 3.8) is 0 Å². The van der Waals surface area contributed by atoms with E-state index in [1.165, 1.54) is 12.1 Å². The zero-order chi connectivity index (χ0) is 13.7. The monoisotopic (exact) mass is 251 g/mol. The Morgan fingerprint density at radius 2 is 1.84 bits per heavy atom. The molecule has 0 aliphatic carbocycles. The number of nitrogens with zero attached hydrogens (tertiary/aromatic N) is 1. The highest BCUT2D eigenvalue weighted by Gasteiger charge is 2.03. The van der Waals surface area contributed by atoms with E-state index < -0.39 is 4.92 Å². The zero-order valence-corrected chi connectivity index (χ0v) is 10.3. The fourth-order valence-corrected chi connectivity index (χ4v) is 1.69. The second-order valence-corrected chi connectivity index (χ2v) is 4.08. The molecule has 0 amide bonds. The lowest BCUT2D eigenvalue weighted by molar-refractivity contribution is -0.384. The van der Waals surface area contributed by atoms with Crippen LogP contribution in [0.5, 0.6) is 0 Å². The standard InChI is InChI=1S/C16H13NO2/c1-13(15-7-3-2-4-8-15)10-11-14-6-5-9-16(12-14)17(18)19/h2-12H,1H2/b11-10+. The van der Waals surface area contributed by atoms with Gasteiger partial charge in [0.25, 0.3) is 5.69 Å². The maximum Gasteiger partial charge on any atom is 0.270 e. The van der Waals surface area contributed by atoms with Gasteiger partial charge in [-0.3, -0.25) is 10.1 Å². The Kier molecular flexibility index (Phi) is 3.88. The van der Waals surface area contributed by atoms with E-state index >= 15 is 0 Å². The van der Waals surface area contributed by atoms with Gasteiger partial charge in [0.15, 0.2) is 0 Å². The summed E-state index contributed by atoms with van der Waals surface area (Å²) in [4.78, 5) is 10.3. The molecule has 0 saturated carbocycles. The highest BCUT2D eigenvalue weighted by Crippen LogP contribution is 2.17.